The van der Waals surface area contributed by atoms with Gasteiger partial charge >= 0.3 is 0 Å². The first-order valence-electron chi connectivity index (χ1n) is 9.27. The van der Waals surface area contributed by atoms with Gasteiger partial charge in [-0.3, -0.25) is 9.88 Å². The fourth-order valence-corrected chi connectivity index (χ4v) is 3.21. The molecule has 2 aromatic rings. The van der Waals surface area contributed by atoms with E-state index in [1.54, 1.807) is 6.20 Å². The summed E-state index contributed by atoms with van der Waals surface area (Å²) in [5, 5.41) is 8.94. The number of nitrogens with zero attached hydrogens (tertiary/aromatic N) is 3. The maximum atomic E-state index is 8.94. The van der Waals surface area contributed by atoms with E-state index in [4.69, 9.17) is 5.26 Å². The number of benzene rings is 1. The van der Waals surface area contributed by atoms with Gasteiger partial charge in [0.2, 0.25) is 0 Å². The SMILES string of the molecule is CC.CC1(CC#N)CCN(Cc2ccc(-c3cccnc3)cc2)CC1. The first kappa shape index (κ1) is 19.1. The number of likely N-dealkylation sites (tertiary alicyclic amines) is 1. The van der Waals surface area contributed by atoms with E-state index in [0.29, 0.717) is 6.42 Å². The third-order valence-electron chi connectivity index (χ3n) is 4.92. The molecule has 0 bridgehead atoms. The molecule has 1 aromatic carbocycles. The molecule has 0 spiro atoms. The Hall–Kier alpha value is -2.18. The van der Waals surface area contributed by atoms with Crippen LogP contribution in [0.15, 0.2) is 48.8 Å². The summed E-state index contributed by atoms with van der Waals surface area (Å²) >= 11 is 0. The topological polar surface area (TPSA) is 39.9 Å². The van der Waals surface area contributed by atoms with Gasteiger partial charge in [-0.2, -0.15) is 5.26 Å². The van der Waals surface area contributed by atoms with Crippen LogP contribution in [0.25, 0.3) is 11.1 Å². The van der Waals surface area contributed by atoms with Crippen molar-refractivity contribution < 1.29 is 0 Å². The van der Waals surface area contributed by atoms with E-state index in [-0.39, 0.29) is 5.41 Å². The molecule has 1 aromatic heterocycles. The summed E-state index contributed by atoms with van der Waals surface area (Å²) in [5.74, 6) is 0. The lowest BCUT2D eigenvalue weighted by atomic mass is 9.78. The van der Waals surface area contributed by atoms with Crippen molar-refractivity contribution in [3.05, 3.63) is 54.4 Å². The Balaban J connectivity index is 0.00000109. The summed E-state index contributed by atoms with van der Waals surface area (Å²) < 4.78 is 0. The average Bonchev–Trinajstić information content (AvgIpc) is 2.67. The van der Waals surface area contributed by atoms with Crippen molar-refractivity contribution in [2.75, 3.05) is 13.1 Å². The predicted octanol–water partition coefficient (Wildman–Crippen LogP) is 5.29. The molecule has 0 atom stereocenters. The summed E-state index contributed by atoms with van der Waals surface area (Å²) in [6.45, 7) is 9.41. The van der Waals surface area contributed by atoms with Crippen LogP contribution in [0, 0.1) is 16.7 Å². The Morgan fingerprint density at radius 3 is 2.32 bits per heavy atom. The largest absolute Gasteiger partial charge is 0.299 e. The minimum absolute atomic E-state index is 0.218. The second-order valence-electron chi connectivity index (χ2n) is 6.86. The van der Waals surface area contributed by atoms with Gasteiger partial charge in [-0.15, -0.1) is 0 Å². The van der Waals surface area contributed by atoms with Gasteiger partial charge in [0.25, 0.3) is 0 Å². The van der Waals surface area contributed by atoms with Crippen LogP contribution >= 0.6 is 0 Å². The fourth-order valence-electron chi connectivity index (χ4n) is 3.21. The van der Waals surface area contributed by atoms with Crippen molar-refractivity contribution in [2.24, 2.45) is 5.41 Å². The highest BCUT2D eigenvalue weighted by Crippen LogP contribution is 2.34. The molecule has 3 rings (SSSR count). The maximum absolute atomic E-state index is 8.94. The third kappa shape index (κ3) is 5.41. The molecule has 0 saturated carbocycles. The average molecular weight is 335 g/mol. The zero-order valence-electron chi connectivity index (χ0n) is 15.7. The molecule has 3 heteroatoms. The van der Waals surface area contributed by atoms with Gasteiger partial charge in [0.05, 0.1) is 6.07 Å². The molecular weight excluding hydrogens is 306 g/mol. The van der Waals surface area contributed by atoms with Crippen LogP contribution in [0.5, 0.6) is 0 Å². The van der Waals surface area contributed by atoms with Gasteiger partial charge in [-0.1, -0.05) is 51.1 Å². The molecular formula is C22H29N3. The van der Waals surface area contributed by atoms with Crippen LogP contribution in [-0.4, -0.2) is 23.0 Å². The second kappa shape index (κ2) is 9.34. The van der Waals surface area contributed by atoms with E-state index < -0.39 is 0 Å². The second-order valence-corrected chi connectivity index (χ2v) is 6.86. The highest BCUT2D eigenvalue weighted by molar-refractivity contribution is 5.62. The van der Waals surface area contributed by atoms with Gasteiger partial charge in [0.15, 0.2) is 0 Å². The lowest BCUT2D eigenvalue weighted by Crippen LogP contribution is -2.38. The van der Waals surface area contributed by atoms with Crippen molar-refractivity contribution in [2.45, 2.75) is 46.6 Å². The number of piperidine rings is 1. The normalized spacial score (nSPS) is 16.4. The van der Waals surface area contributed by atoms with E-state index in [1.165, 1.54) is 11.1 Å². The number of nitriles is 1. The summed E-state index contributed by atoms with van der Waals surface area (Å²) in [6, 6.07) is 15.2. The number of aromatic nitrogens is 1. The van der Waals surface area contributed by atoms with Crippen LogP contribution in [0.3, 0.4) is 0 Å². The predicted molar refractivity (Wildman–Crippen MR) is 104 cm³/mol. The van der Waals surface area contributed by atoms with Gasteiger partial charge in [0, 0.05) is 25.4 Å². The van der Waals surface area contributed by atoms with Crippen molar-refractivity contribution in [3.63, 3.8) is 0 Å². The molecule has 1 aliphatic rings. The van der Waals surface area contributed by atoms with Crippen molar-refractivity contribution in [1.29, 1.82) is 5.26 Å². The highest BCUT2D eigenvalue weighted by atomic mass is 15.1. The first-order chi connectivity index (χ1) is 12.2. The monoisotopic (exact) mass is 335 g/mol. The molecule has 1 fully saturated rings. The molecule has 25 heavy (non-hydrogen) atoms. The number of rotatable bonds is 4. The molecule has 3 nitrogen and oxygen atoms in total. The van der Waals surface area contributed by atoms with E-state index in [1.807, 2.05) is 26.1 Å². The maximum Gasteiger partial charge on any atom is 0.0627 e. The Kier molecular flexibility index (Phi) is 7.16. The summed E-state index contributed by atoms with van der Waals surface area (Å²) in [7, 11) is 0. The first-order valence-corrected chi connectivity index (χ1v) is 9.27. The minimum Gasteiger partial charge on any atom is -0.299 e. The summed E-state index contributed by atoms with van der Waals surface area (Å²) in [5.41, 5.74) is 3.93. The van der Waals surface area contributed by atoms with Gasteiger partial charge in [0.1, 0.15) is 0 Å². The van der Waals surface area contributed by atoms with Gasteiger partial charge in [-0.25, -0.2) is 0 Å². The molecule has 0 N–H and O–H groups in total. The van der Waals surface area contributed by atoms with E-state index >= 15 is 0 Å². The Bertz CT molecular complexity index is 663. The van der Waals surface area contributed by atoms with E-state index in [0.717, 1.165) is 38.0 Å². The molecule has 0 unspecified atom stereocenters. The molecule has 132 valence electrons. The number of hydrogen-bond donors (Lipinski definition) is 0. The van der Waals surface area contributed by atoms with Crippen LogP contribution in [-0.2, 0) is 6.54 Å². The Morgan fingerprint density at radius 2 is 1.76 bits per heavy atom. The van der Waals surface area contributed by atoms with E-state index in [2.05, 4.69) is 53.2 Å². The van der Waals surface area contributed by atoms with Crippen LogP contribution in [0.4, 0.5) is 0 Å². The molecule has 2 heterocycles. The molecule has 0 radical (unpaired) electrons. The van der Waals surface area contributed by atoms with Crippen LogP contribution in [0.1, 0.15) is 45.6 Å². The standard InChI is InChI=1S/C20H23N3.C2H6/c1-20(8-11-21)9-13-23(14-10-20)16-17-4-6-18(7-5-17)19-3-2-12-22-15-19;1-2/h2-7,12,15H,8-10,13-14,16H2,1H3;1-2H3. The lowest BCUT2D eigenvalue weighted by molar-refractivity contribution is 0.116. The summed E-state index contributed by atoms with van der Waals surface area (Å²) in [6.07, 6.45) is 6.62. The van der Waals surface area contributed by atoms with Crippen LogP contribution in [0.2, 0.25) is 0 Å². The summed E-state index contributed by atoms with van der Waals surface area (Å²) in [4.78, 5) is 6.67. The molecule has 1 aliphatic heterocycles. The quantitative estimate of drug-likeness (QED) is 0.762. The zero-order chi connectivity index (χ0) is 18.1. The Morgan fingerprint density at radius 1 is 1.08 bits per heavy atom. The minimum atomic E-state index is 0.218. The number of hydrogen-bond acceptors (Lipinski definition) is 3. The smallest absolute Gasteiger partial charge is 0.0627 e. The van der Waals surface area contributed by atoms with Gasteiger partial charge in [-0.05, 0) is 54.1 Å². The zero-order valence-corrected chi connectivity index (χ0v) is 15.7. The molecule has 0 amide bonds. The fraction of sp³-hybridized carbons (Fsp3) is 0.455. The number of pyridine rings is 1. The van der Waals surface area contributed by atoms with Gasteiger partial charge < -0.3 is 0 Å². The van der Waals surface area contributed by atoms with Crippen LogP contribution < -0.4 is 0 Å². The van der Waals surface area contributed by atoms with Crippen molar-refractivity contribution in [3.8, 4) is 17.2 Å². The Labute approximate surface area is 152 Å². The van der Waals surface area contributed by atoms with Crippen molar-refractivity contribution >= 4 is 0 Å². The molecule has 0 aliphatic carbocycles. The highest BCUT2D eigenvalue weighted by Gasteiger charge is 2.29. The van der Waals surface area contributed by atoms with Crippen molar-refractivity contribution in [1.82, 2.24) is 9.88 Å². The molecule has 1 saturated heterocycles. The third-order valence-corrected chi connectivity index (χ3v) is 4.92. The van der Waals surface area contributed by atoms with E-state index in [9.17, 15) is 0 Å². The lowest BCUT2D eigenvalue weighted by Gasteiger charge is -2.38.